The van der Waals surface area contributed by atoms with Crippen LogP contribution in [-0.4, -0.2) is 67.4 Å². The summed E-state index contributed by atoms with van der Waals surface area (Å²) in [4.78, 5) is 6.03. The number of hydrogen-bond acceptors (Lipinski definition) is 6. The van der Waals surface area contributed by atoms with Gasteiger partial charge in [-0.15, -0.1) is 11.3 Å². The SMILES string of the molecule is CN(C)[C@@H]1CCCC[C@@H]1Oc1ccc(Cc2c(-c3ccc(OCCN4CCCC4)cc3)sc3cc(O)ccc23)cc1. The molecule has 2 heterocycles. The summed E-state index contributed by atoms with van der Waals surface area (Å²) >= 11 is 1.74. The van der Waals surface area contributed by atoms with E-state index < -0.39 is 0 Å². The quantitative estimate of drug-likeness (QED) is 0.213. The normalized spacial score (nSPS) is 19.7. The first-order valence-corrected chi connectivity index (χ1v) is 16.0. The van der Waals surface area contributed by atoms with Crippen molar-refractivity contribution >= 4 is 21.4 Å². The van der Waals surface area contributed by atoms with E-state index in [1.54, 1.807) is 17.4 Å². The average Bonchev–Trinajstić information content (AvgIpc) is 3.62. The van der Waals surface area contributed by atoms with Crippen LogP contribution in [-0.2, 0) is 6.42 Å². The summed E-state index contributed by atoms with van der Waals surface area (Å²) in [6.45, 7) is 4.11. The highest BCUT2D eigenvalue weighted by Gasteiger charge is 2.28. The van der Waals surface area contributed by atoms with E-state index in [9.17, 15) is 5.11 Å². The lowest BCUT2D eigenvalue weighted by molar-refractivity contribution is 0.0622. The largest absolute Gasteiger partial charge is 0.508 e. The Morgan fingerprint density at radius 3 is 2.37 bits per heavy atom. The molecule has 1 saturated heterocycles. The maximum absolute atomic E-state index is 10.2. The molecule has 0 spiro atoms. The smallest absolute Gasteiger partial charge is 0.119 e. The third-order valence-electron chi connectivity index (χ3n) is 8.69. The van der Waals surface area contributed by atoms with Gasteiger partial charge < -0.3 is 19.5 Å². The molecular formula is C35H42N2O3S. The van der Waals surface area contributed by atoms with Crippen LogP contribution in [0.2, 0.25) is 0 Å². The second-order valence-electron chi connectivity index (χ2n) is 11.8. The maximum Gasteiger partial charge on any atom is 0.119 e. The number of likely N-dealkylation sites (tertiary alicyclic amines) is 1. The molecule has 1 N–H and O–H groups in total. The lowest BCUT2D eigenvalue weighted by Crippen LogP contribution is -2.44. The van der Waals surface area contributed by atoms with Crippen molar-refractivity contribution in [2.75, 3.05) is 40.3 Å². The predicted octanol–water partition coefficient (Wildman–Crippen LogP) is 7.59. The summed E-state index contributed by atoms with van der Waals surface area (Å²) in [7, 11) is 4.32. The molecule has 0 unspecified atom stereocenters. The second-order valence-corrected chi connectivity index (χ2v) is 12.9. The van der Waals surface area contributed by atoms with E-state index in [0.29, 0.717) is 11.8 Å². The minimum absolute atomic E-state index is 0.247. The van der Waals surface area contributed by atoms with Gasteiger partial charge in [0.1, 0.15) is 30.0 Å². The molecule has 6 heteroatoms. The van der Waals surface area contributed by atoms with E-state index >= 15 is 0 Å². The predicted molar refractivity (Wildman–Crippen MR) is 170 cm³/mol. The first-order valence-electron chi connectivity index (χ1n) is 15.2. The van der Waals surface area contributed by atoms with Crippen molar-refractivity contribution in [3.63, 3.8) is 0 Å². The highest BCUT2D eigenvalue weighted by atomic mass is 32.1. The van der Waals surface area contributed by atoms with E-state index in [1.807, 2.05) is 6.07 Å². The molecule has 0 amide bonds. The third-order valence-corrected chi connectivity index (χ3v) is 9.93. The molecule has 2 aliphatic rings. The van der Waals surface area contributed by atoms with E-state index in [-0.39, 0.29) is 6.10 Å². The maximum atomic E-state index is 10.2. The molecule has 216 valence electrons. The molecule has 0 radical (unpaired) electrons. The van der Waals surface area contributed by atoms with Crippen LogP contribution in [0.3, 0.4) is 0 Å². The van der Waals surface area contributed by atoms with Gasteiger partial charge in [-0.3, -0.25) is 4.90 Å². The summed E-state index contributed by atoms with van der Waals surface area (Å²) in [5, 5.41) is 11.4. The van der Waals surface area contributed by atoms with Gasteiger partial charge in [0.05, 0.1) is 0 Å². The van der Waals surface area contributed by atoms with Gasteiger partial charge in [-0.1, -0.05) is 18.6 Å². The van der Waals surface area contributed by atoms with Crippen LogP contribution in [0.15, 0.2) is 66.7 Å². The lowest BCUT2D eigenvalue weighted by Gasteiger charge is -2.36. The summed E-state index contributed by atoms with van der Waals surface area (Å²) < 4.78 is 13.6. The van der Waals surface area contributed by atoms with E-state index in [0.717, 1.165) is 42.2 Å². The summed E-state index contributed by atoms with van der Waals surface area (Å²) in [6.07, 6.45) is 8.51. The Balaban J connectivity index is 1.19. The van der Waals surface area contributed by atoms with Crippen molar-refractivity contribution < 1.29 is 14.6 Å². The second kappa shape index (κ2) is 12.8. The van der Waals surface area contributed by atoms with Gasteiger partial charge in [0.15, 0.2) is 0 Å². The molecule has 1 aliphatic heterocycles. The molecular weight excluding hydrogens is 528 g/mol. The number of phenols is 1. The molecule has 4 aromatic rings. The molecule has 2 fully saturated rings. The first kappa shape index (κ1) is 28.1. The number of hydrogen-bond donors (Lipinski definition) is 1. The van der Waals surface area contributed by atoms with Crippen LogP contribution in [0.1, 0.15) is 49.7 Å². The number of phenolic OH excluding ortho intramolecular Hbond substituents is 1. The summed E-state index contributed by atoms with van der Waals surface area (Å²) in [5.41, 5.74) is 3.72. The Hall–Kier alpha value is -3.06. The molecule has 6 rings (SSSR count). The molecule has 1 aromatic heterocycles. The minimum atomic E-state index is 0.247. The zero-order valence-electron chi connectivity index (χ0n) is 24.4. The number of benzene rings is 3. The van der Waals surface area contributed by atoms with Crippen molar-refractivity contribution in [1.82, 2.24) is 9.80 Å². The fourth-order valence-corrected chi connectivity index (χ4v) is 7.68. The minimum Gasteiger partial charge on any atom is -0.508 e. The topological polar surface area (TPSA) is 45.2 Å². The fraction of sp³-hybridized carbons (Fsp3) is 0.429. The first-order chi connectivity index (χ1) is 20.0. The zero-order valence-corrected chi connectivity index (χ0v) is 25.2. The Kier molecular flexibility index (Phi) is 8.80. The van der Waals surface area contributed by atoms with Crippen molar-refractivity contribution in [2.24, 2.45) is 0 Å². The molecule has 41 heavy (non-hydrogen) atoms. The standard InChI is InChI=1S/C35H42N2O3S/c1-36(2)32-7-3-4-8-33(32)40-29-14-9-25(10-15-29)23-31-30-18-13-27(38)24-34(30)41-35(31)26-11-16-28(17-12-26)39-22-21-37-19-5-6-20-37/h9-18,24,32-33,38H,3-8,19-23H2,1-2H3/t32-,33+/m1/s1. The van der Waals surface area contributed by atoms with Gasteiger partial charge in [-0.05, 0) is 142 Å². The number of ether oxygens (including phenoxy) is 2. The monoisotopic (exact) mass is 570 g/mol. The Bertz CT molecular complexity index is 1420. The number of rotatable bonds is 10. The summed E-state index contributed by atoms with van der Waals surface area (Å²) in [6, 6.07) is 23.4. The number of likely N-dealkylation sites (N-methyl/N-ethyl adjacent to an activating group) is 1. The van der Waals surface area contributed by atoms with E-state index in [2.05, 4.69) is 78.5 Å². The van der Waals surface area contributed by atoms with Crippen LogP contribution in [0.5, 0.6) is 17.2 Å². The Labute approximate surface area is 248 Å². The molecule has 5 nitrogen and oxygen atoms in total. The van der Waals surface area contributed by atoms with Gasteiger partial charge in [-0.2, -0.15) is 0 Å². The molecule has 1 saturated carbocycles. The van der Waals surface area contributed by atoms with E-state index in [1.165, 1.54) is 72.1 Å². The van der Waals surface area contributed by atoms with Crippen LogP contribution in [0, 0.1) is 0 Å². The van der Waals surface area contributed by atoms with Crippen LogP contribution in [0.25, 0.3) is 20.5 Å². The number of nitrogens with zero attached hydrogens (tertiary/aromatic N) is 2. The molecule has 3 aromatic carbocycles. The molecule has 0 bridgehead atoms. The van der Waals surface area contributed by atoms with Crippen molar-refractivity contribution in [2.45, 2.75) is 57.1 Å². The third kappa shape index (κ3) is 6.72. The highest BCUT2D eigenvalue weighted by Crippen LogP contribution is 2.41. The average molecular weight is 571 g/mol. The van der Waals surface area contributed by atoms with Gasteiger partial charge in [0.25, 0.3) is 0 Å². The van der Waals surface area contributed by atoms with E-state index in [4.69, 9.17) is 9.47 Å². The van der Waals surface area contributed by atoms with Gasteiger partial charge in [0.2, 0.25) is 0 Å². The number of thiophene rings is 1. The lowest BCUT2D eigenvalue weighted by atomic mass is 9.91. The Morgan fingerprint density at radius 2 is 1.61 bits per heavy atom. The van der Waals surface area contributed by atoms with Crippen molar-refractivity contribution in [3.05, 3.63) is 77.9 Å². The van der Waals surface area contributed by atoms with Gasteiger partial charge in [-0.25, -0.2) is 0 Å². The van der Waals surface area contributed by atoms with Crippen LogP contribution >= 0.6 is 11.3 Å². The van der Waals surface area contributed by atoms with Gasteiger partial charge in [0, 0.05) is 22.2 Å². The van der Waals surface area contributed by atoms with Crippen molar-refractivity contribution in [1.29, 1.82) is 0 Å². The zero-order chi connectivity index (χ0) is 28.2. The highest BCUT2D eigenvalue weighted by molar-refractivity contribution is 7.22. The fourth-order valence-electron chi connectivity index (χ4n) is 6.42. The number of aromatic hydroxyl groups is 1. The molecule has 1 aliphatic carbocycles. The molecule has 2 atom stereocenters. The van der Waals surface area contributed by atoms with Crippen molar-refractivity contribution in [3.8, 4) is 27.7 Å². The van der Waals surface area contributed by atoms with Crippen LogP contribution < -0.4 is 9.47 Å². The number of fused-ring (bicyclic) bond motifs is 1. The summed E-state index contributed by atoms with van der Waals surface area (Å²) in [5.74, 6) is 2.17. The Morgan fingerprint density at radius 1 is 0.878 bits per heavy atom. The van der Waals surface area contributed by atoms with Gasteiger partial charge >= 0.3 is 0 Å². The van der Waals surface area contributed by atoms with Crippen LogP contribution in [0.4, 0.5) is 0 Å².